The monoisotopic (exact) mass is 254 g/mol. The van der Waals surface area contributed by atoms with Crippen LogP contribution in [0.25, 0.3) is 0 Å². The van der Waals surface area contributed by atoms with Crippen molar-refractivity contribution in [3.8, 4) is 0 Å². The van der Waals surface area contributed by atoms with Crippen LogP contribution in [0.3, 0.4) is 0 Å². The van der Waals surface area contributed by atoms with Crippen molar-refractivity contribution in [2.45, 2.75) is 57.9 Å². The Labute approximate surface area is 111 Å². The Morgan fingerprint density at radius 2 is 2.12 bits per heavy atom. The van der Waals surface area contributed by atoms with E-state index in [1.165, 1.54) is 51.5 Å². The predicted molar refractivity (Wildman–Crippen MR) is 77.1 cm³/mol. The summed E-state index contributed by atoms with van der Waals surface area (Å²) in [6.07, 6.45) is 9.48. The Bertz CT molecular complexity index is 267. The van der Waals surface area contributed by atoms with Crippen LogP contribution in [0, 0.1) is 11.8 Å². The third kappa shape index (κ3) is 3.41. The second-order valence-electron chi connectivity index (χ2n) is 5.83. The van der Waals surface area contributed by atoms with Gasteiger partial charge in [-0.1, -0.05) is 38.4 Å². The molecule has 1 saturated carbocycles. The van der Waals surface area contributed by atoms with E-state index in [4.69, 9.17) is 18.0 Å². The highest BCUT2D eigenvalue weighted by Crippen LogP contribution is 2.32. The van der Waals surface area contributed by atoms with Crippen molar-refractivity contribution in [1.82, 2.24) is 4.90 Å². The van der Waals surface area contributed by atoms with E-state index in [1.54, 1.807) is 0 Å². The highest BCUT2D eigenvalue weighted by molar-refractivity contribution is 7.80. The van der Waals surface area contributed by atoms with Crippen LogP contribution in [-0.4, -0.2) is 29.0 Å². The Hall–Kier alpha value is -0.150. The molecule has 0 amide bonds. The summed E-state index contributed by atoms with van der Waals surface area (Å²) in [5, 5.41) is 0. The van der Waals surface area contributed by atoms with Gasteiger partial charge in [-0.3, -0.25) is 4.90 Å². The first-order chi connectivity index (χ1) is 8.20. The van der Waals surface area contributed by atoms with E-state index in [0.29, 0.717) is 5.92 Å². The maximum Gasteiger partial charge on any atom is 0.0771 e. The summed E-state index contributed by atoms with van der Waals surface area (Å²) < 4.78 is 0. The maximum absolute atomic E-state index is 5.82. The van der Waals surface area contributed by atoms with Crippen molar-refractivity contribution in [1.29, 1.82) is 0 Å². The number of hydrogen-bond acceptors (Lipinski definition) is 2. The summed E-state index contributed by atoms with van der Waals surface area (Å²) in [6, 6.07) is 0.811. The molecule has 0 radical (unpaired) electrons. The summed E-state index contributed by atoms with van der Waals surface area (Å²) in [7, 11) is 0. The molecule has 0 aromatic carbocycles. The lowest BCUT2D eigenvalue weighted by molar-refractivity contribution is 0.0961. The Balaban J connectivity index is 1.90. The molecule has 3 unspecified atom stereocenters. The molecule has 1 aliphatic heterocycles. The zero-order valence-electron chi connectivity index (χ0n) is 11.0. The van der Waals surface area contributed by atoms with Gasteiger partial charge in [-0.2, -0.15) is 0 Å². The van der Waals surface area contributed by atoms with Crippen LogP contribution < -0.4 is 5.73 Å². The summed E-state index contributed by atoms with van der Waals surface area (Å²) in [4.78, 5) is 3.41. The minimum absolute atomic E-state index is 0.473. The first-order valence-corrected chi connectivity index (χ1v) is 7.65. The molecule has 3 atom stereocenters. The largest absolute Gasteiger partial charge is 0.393 e. The van der Waals surface area contributed by atoms with Gasteiger partial charge >= 0.3 is 0 Å². The molecule has 1 aliphatic carbocycles. The summed E-state index contributed by atoms with van der Waals surface area (Å²) in [6.45, 7) is 4.72. The Morgan fingerprint density at radius 1 is 1.29 bits per heavy atom. The van der Waals surface area contributed by atoms with Gasteiger partial charge < -0.3 is 5.73 Å². The van der Waals surface area contributed by atoms with E-state index < -0.39 is 0 Å². The lowest BCUT2D eigenvalue weighted by Crippen LogP contribution is -2.47. The highest BCUT2D eigenvalue weighted by Gasteiger charge is 2.30. The Morgan fingerprint density at radius 3 is 2.82 bits per heavy atom. The predicted octanol–water partition coefficient (Wildman–Crippen LogP) is 2.95. The van der Waals surface area contributed by atoms with E-state index in [-0.39, 0.29) is 0 Å². The van der Waals surface area contributed by atoms with Gasteiger partial charge in [0.25, 0.3) is 0 Å². The van der Waals surface area contributed by atoms with Crippen molar-refractivity contribution >= 4 is 17.2 Å². The fourth-order valence-electron chi connectivity index (χ4n) is 3.54. The highest BCUT2D eigenvalue weighted by atomic mass is 32.1. The maximum atomic E-state index is 5.82. The summed E-state index contributed by atoms with van der Waals surface area (Å²) in [5.74, 6) is 1.43. The Kier molecular flexibility index (Phi) is 4.80. The number of thiocarbonyl (C=S) groups is 1. The van der Waals surface area contributed by atoms with Crippen LogP contribution in [0.2, 0.25) is 0 Å². The number of nitrogens with two attached hydrogens (primary N) is 1. The van der Waals surface area contributed by atoms with Gasteiger partial charge in [0, 0.05) is 18.5 Å². The van der Waals surface area contributed by atoms with Crippen molar-refractivity contribution < 1.29 is 0 Å². The first kappa shape index (κ1) is 13.3. The normalized spacial score (nSPS) is 35.7. The van der Waals surface area contributed by atoms with E-state index in [0.717, 1.165) is 23.5 Å². The molecule has 2 aliphatic rings. The zero-order valence-corrected chi connectivity index (χ0v) is 11.8. The van der Waals surface area contributed by atoms with Crippen LogP contribution in [0.15, 0.2) is 0 Å². The molecule has 98 valence electrons. The summed E-state index contributed by atoms with van der Waals surface area (Å²) >= 11 is 5.17. The molecule has 2 nitrogen and oxygen atoms in total. The average molecular weight is 254 g/mol. The number of hydrogen-bond donors (Lipinski definition) is 1. The molecular weight excluding hydrogens is 228 g/mol. The molecule has 3 heteroatoms. The average Bonchev–Trinajstić information content (AvgIpc) is 2.39. The fourth-order valence-corrected chi connectivity index (χ4v) is 3.73. The minimum atomic E-state index is 0.473. The van der Waals surface area contributed by atoms with E-state index >= 15 is 0 Å². The van der Waals surface area contributed by atoms with E-state index in [9.17, 15) is 0 Å². The van der Waals surface area contributed by atoms with E-state index in [2.05, 4.69) is 11.8 Å². The fraction of sp³-hybridized carbons (Fsp3) is 0.929. The molecule has 2 N–H and O–H groups in total. The topological polar surface area (TPSA) is 29.3 Å². The van der Waals surface area contributed by atoms with Crippen LogP contribution in [0.1, 0.15) is 51.9 Å². The molecule has 0 aromatic rings. The zero-order chi connectivity index (χ0) is 12.3. The van der Waals surface area contributed by atoms with Gasteiger partial charge in [0.1, 0.15) is 0 Å². The van der Waals surface area contributed by atoms with Crippen molar-refractivity contribution in [3.05, 3.63) is 0 Å². The van der Waals surface area contributed by atoms with Crippen LogP contribution >= 0.6 is 12.2 Å². The molecular formula is C14H26N2S. The lowest BCUT2D eigenvalue weighted by Gasteiger charge is -2.41. The third-order valence-corrected chi connectivity index (χ3v) is 5.04. The van der Waals surface area contributed by atoms with Gasteiger partial charge in [-0.15, -0.1) is 0 Å². The molecule has 0 aromatic heterocycles. The van der Waals surface area contributed by atoms with Gasteiger partial charge in [-0.05, 0) is 38.1 Å². The quantitative estimate of drug-likeness (QED) is 0.785. The molecule has 2 rings (SSSR count). The van der Waals surface area contributed by atoms with Crippen LogP contribution in [0.4, 0.5) is 0 Å². The molecule has 17 heavy (non-hydrogen) atoms. The van der Waals surface area contributed by atoms with Gasteiger partial charge in [0.05, 0.1) is 4.99 Å². The van der Waals surface area contributed by atoms with Crippen molar-refractivity contribution in [2.75, 3.05) is 13.1 Å². The minimum Gasteiger partial charge on any atom is -0.393 e. The smallest absolute Gasteiger partial charge is 0.0771 e. The second-order valence-corrected chi connectivity index (χ2v) is 6.30. The number of likely N-dealkylation sites (tertiary alicyclic amines) is 1. The molecule has 1 heterocycles. The van der Waals surface area contributed by atoms with Crippen LogP contribution in [0.5, 0.6) is 0 Å². The lowest BCUT2D eigenvalue weighted by atomic mass is 9.82. The van der Waals surface area contributed by atoms with Gasteiger partial charge in [0.2, 0.25) is 0 Å². The molecule has 1 saturated heterocycles. The second kappa shape index (κ2) is 6.14. The standard InChI is InChI=1S/C14H26N2S/c1-2-11-5-3-7-13(9-11)16-8-4-6-12(10-16)14(15)17/h11-13H,2-10H2,1H3,(H2,15,17). The SMILES string of the molecule is CCC1CCCC(N2CCCC(C(N)=S)C2)C1. The summed E-state index contributed by atoms with van der Waals surface area (Å²) in [5.41, 5.74) is 5.82. The molecule has 0 bridgehead atoms. The van der Waals surface area contributed by atoms with Gasteiger partial charge in [-0.25, -0.2) is 0 Å². The first-order valence-electron chi connectivity index (χ1n) is 7.24. The van der Waals surface area contributed by atoms with Crippen LogP contribution in [-0.2, 0) is 0 Å². The van der Waals surface area contributed by atoms with Crippen molar-refractivity contribution in [2.24, 2.45) is 17.6 Å². The molecule has 0 spiro atoms. The van der Waals surface area contributed by atoms with Gasteiger partial charge in [0.15, 0.2) is 0 Å². The third-order valence-electron chi connectivity index (χ3n) is 4.70. The van der Waals surface area contributed by atoms with Crippen molar-refractivity contribution in [3.63, 3.8) is 0 Å². The molecule has 2 fully saturated rings. The number of piperidine rings is 1. The number of nitrogens with zero attached hydrogens (tertiary/aromatic N) is 1. The van der Waals surface area contributed by atoms with E-state index in [1.807, 2.05) is 0 Å². The number of rotatable bonds is 3.